The van der Waals surface area contributed by atoms with E-state index in [4.69, 9.17) is 4.74 Å². The first kappa shape index (κ1) is 9.06. The molecule has 0 aliphatic heterocycles. The highest BCUT2D eigenvalue weighted by atomic mass is 16.5. The Labute approximate surface area is 83.1 Å². The number of hydrogen-bond donors (Lipinski definition) is 1. The zero-order valence-electron chi connectivity index (χ0n) is 8.32. The largest absolute Gasteiger partial charge is 0.504 e. The van der Waals surface area contributed by atoms with Crippen molar-refractivity contribution in [3.8, 4) is 11.5 Å². The molecule has 0 bridgehead atoms. The zero-order chi connectivity index (χ0) is 10.1. The van der Waals surface area contributed by atoms with Gasteiger partial charge >= 0.3 is 0 Å². The van der Waals surface area contributed by atoms with Crippen LogP contribution in [-0.2, 0) is 6.42 Å². The molecule has 0 saturated heterocycles. The number of aromatic hydroxyl groups is 1. The van der Waals surface area contributed by atoms with Crippen LogP contribution in [0.1, 0.15) is 17.0 Å². The molecule has 14 heavy (non-hydrogen) atoms. The van der Waals surface area contributed by atoms with E-state index in [9.17, 15) is 5.11 Å². The summed E-state index contributed by atoms with van der Waals surface area (Å²) in [5, 5.41) is 9.57. The monoisotopic (exact) mass is 191 g/mol. The van der Waals surface area contributed by atoms with Gasteiger partial charge in [0.25, 0.3) is 0 Å². The van der Waals surface area contributed by atoms with Gasteiger partial charge in [-0.2, -0.15) is 0 Å². The van der Waals surface area contributed by atoms with Crippen molar-refractivity contribution >= 4 is 6.21 Å². The summed E-state index contributed by atoms with van der Waals surface area (Å²) in [5.74, 6) is 1.13. The quantitative estimate of drug-likeness (QED) is 0.723. The smallest absolute Gasteiger partial charge is 0.160 e. The van der Waals surface area contributed by atoms with Gasteiger partial charge in [-0.1, -0.05) is 0 Å². The first-order valence-corrected chi connectivity index (χ1v) is 4.58. The summed E-state index contributed by atoms with van der Waals surface area (Å²) < 4.78 is 5.03. The normalized spacial score (nSPS) is 19.1. The summed E-state index contributed by atoms with van der Waals surface area (Å²) in [5.41, 5.74) is 2.40. The predicted octanol–water partition coefficient (Wildman–Crippen LogP) is 1.74. The maximum Gasteiger partial charge on any atom is 0.160 e. The average molecular weight is 191 g/mol. The van der Waals surface area contributed by atoms with Crippen molar-refractivity contribution in [1.82, 2.24) is 0 Å². The van der Waals surface area contributed by atoms with Gasteiger partial charge in [0, 0.05) is 19.2 Å². The van der Waals surface area contributed by atoms with E-state index < -0.39 is 0 Å². The molecule has 2 rings (SSSR count). The van der Waals surface area contributed by atoms with Gasteiger partial charge in [-0.3, -0.25) is 0 Å². The second-order valence-corrected chi connectivity index (χ2v) is 3.44. The topological polar surface area (TPSA) is 41.8 Å². The minimum Gasteiger partial charge on any atom is -0.504 e. The zero-order valence-corrected chi connectivity index (χ0v) is 8.32. The van der Waals surface area contributed by atoms with Crippen LogP contribution in [0.3, 0.4) is 0 Å². The number of aliphatic imine (C=N–C) groups is 1. The molecule has 1 aromatic rings. The molecule has 1 aromatic carbocycles. The molecule has 0 heterocycles. The van der Waals surface area contributed by atoms with Crippen molar-refractivity contribution in [1.29, 1.82) is 0 Å². The second kappa shape index (κ2) is 3.33. The summed E-state index contributed by atoms with van der Waals surface area (Å²) in [7, 11) is 3.33. The third-order valence-corrected chi connectivity index (χ3v) is 2.61. The summed E-state index contributed by atoms with van der Waals surface area (Å²) in [4.78, 5) is 3.99. The number of phenols is 1. The Balaban J connectivity index is 2.35. The Kier molecular flexibility index (Phi) is 2.15. The number of ether oxygens (including phenoxy) is 1. The third kappa shape index (κ3) is 1.25. The molecular weight excluding hydrogens is 178 g/mol. The lowest BCUT2D eigenvalue weighted by molar-refractivity contribution is 0.371. The molecule has 1 aliphatic carbocycles. The number of fused-ring (bicyclic) bond motifs is 1. The van der Waals surface area contributed by atoms with Crippen molar-refractivity contribution in [2.45, 2.75) is 12.3 Å². The Morgan fingerprint density at radius 3 is 3.00 bits per heavy atom. The van der Waals surface area contributed by atoms with Crippen LogP contribution in [0.15, 0.2) is 17.1 Å². The minimum atomic E-state index is 0.209. The summed E-state index contributed by atoms with van der Waals surface area (Å²) in [6.07, 6.45) is 2.90. The highest BCUT2D eigenvalue weighted by Gasteiger charge is 2.26. The van der Waals surface area contributed by atoms with E-state index in [-0.39, 0.29) is 5.75 Å². The van der Waals surface area contributed by atoms with Crippen LogP contribution in [0.25, 0.3) is 0 Å². The van der Waals surface area contributed by atoms with Crippen LogP contribution in [0, 0.1) is 0 Å². The third-order valence-electron chi connectivity index (χ3n) is 2.61. The molecule has 3 nitrogen and oxygen atoms in total. The van der Waals surface area contributed by atoms with Crippen LogP contribution in [-0.4, -0.2) is 25.5 Å². The first-order chi connectivity index (χ1) is 6.76. The first-order valence-electron chi connectivity index (χ1n) is 4.58. The predicted molar refractivity (Wildman–Crippen MR) is 55.5 cm³/mol. The Hall–Kier alpha value is -1.51. The van der Waals surface area contributed by atoms with Gasteiger partial charge in [0.1, 0.15) is 0 Å². The highest BCUT2D eigenvalue weighted by Crippen LogP contribution is 2.40. The molecule has 0 radical (unpaired) electrons. The lowest BCUT2D eigenvalue weighted by Gasteiger charge is -2.27. The molecule has 74 valence electrons. The van der Waals surface area contributed by atoms with Gasteiger partial charge in [0.15, 0.2) is 11.5 Å². The van der Waals surface area contributed by atoms with E-state index in [1.807, 2.05) is 12.3 Å². The standard InChI is InChI=1S/C11H13NO2/c1-12-6-8-3-7-4-11(14-2)10(13)5-9(7)8/h4-6,8,13H,3H2,1-2H3. The molecule has 1 N–H and O–H groups in total. The van der Waals surface area contributed by atoms with E-state index in [1.54, 1.807) is 20.2 Å². The fourth-order valence-corrected chi connectivity index (χ4v) is 1.84. The molecule has 1 unspecified atom stereocenters. The fourth-order valence-electron chi connectivity index (χ4n) is 1.84. The number of hydrogen-bond acceptors (Lipinski definition) is 3. The second-order valence-electron chi connectivity index (χ2n) is 3.44. The maximum atomic E-state index is 9.57. The molecule has 0 saturated carbocycles. The number of rotatable bonds is 2. The van der Waals surface area contributed by atoms with Gasteiger partial charge in [0.05, 0.1) is 7.11 Å². The van der Waals surface area contributed by atoms with Crippen molar-refractivity contribution in [3.63, 3.8) is 0 Å². The van der Waals surface area contributed by atoms with Gasteiger partial charge in [-0.15, -0.1) is 0 Å². The van der Waals surface area contributed by atoms with E-state index in [0.29, 0.717) is 11.7 Å². The van der Waals surface area contributed by atoms with E-state index >= 15 is 0 Å². The number of benzene rings is 1. The fraction of sp³-hybridized carbons (Fsp3) is 0.364. The number of methoxy groups -OCH3 is 1. The van der Waals surface area contributed by atoms with Gasteiger partial charge in [-0.05, 0) is 29.7 Å². The van der Waals surface area contributed by atoms with Gasteiger partial charge in [0.2, 0.25) is 0 Å². The van der Waals surface area contributed by atoms with Crippen molar-refractivity contribution in [2.24, 2.45) is 4.99 Å². The summed E-state index contributed by atoms with van der Waals surface area (Å²) in [6, 6.07) is 3.66. The van der Waals surface area contributed by atoms with Crippen LogP contribution in [0.5, 0.6) is 11.5 Å². The molecule has 3 heteroatoms. The molecule has 0 fully saturated rings. The molecular formula is C11H13NO2. The maximum absolute atomic E-state index is 9.57. The van der Waals surface area contributed by atoms with E-state index in [1.165, 1.54) is 5.56 Å². The van der Waals surface area contributed by atoms with Crippen LogP contribution < -0.4 is 4.74 Å². The summed E-state index contributed by atoms with van der Waals surface area (Å²) in [6.45, 7) is 0. The highest BCUT2D eigenvalue weighted by molar-refractivity contribution is 5.74. The summed E-state index contributed by atoms with van der Waals surface area (Å²) >= 11 is 0. The Bertz CT molecular complexity index is 385. The van der Waals surface area contributed by atoms with E-state index in [2.05, 4.69) is 4.99 Å². The van der Waals surface area contributed by atoms with Crippen LogP contribution >= 0.6 is 0 Å². The van der Waals surface area contributed by atoms with E-state index in [0.717, 1.165) is 12.0 Å². The SMILES string of the molecule is CN=CC1Cc2cc(OC)c(O)cc21. The minimum absolute atomic E-state index is 0.209. The molecule has 0 spiro atoms. The van der Waals surface area contributed by atoms with Crippen LogP contribution in [0.2, 0.25) is 0 Å². The molecule has 0 amide bonds. The van der Waals surface area contributed by atoms with Gasteiger partial charge < -0.3 is 14.8 Å². The Morgan fingerprint density at radius 2 is 2.36 bits per heavy atom. The molecule has 0 aromatic heterocycles. The number of nitrogens with zero attached hydrogens (tertiary/aromatic N) is 1. The molecule has 1 aliphatic rings. The Morgan fingerprint density at radius 1 is 1.57 bits per heavy atom. The molecule has 1 atom stereocenters. The van der Waals surface area contributed by atoms with Gasteiger partial charge in [-0.25, -0.2) is 0 Å². The van der Waals surface area contributed by atoms with Crippen LogP contribution in [0.4, 0.5) is 0 Å². The van der Waals surface area contributed by atoms with Crippen molar-refractivity contribution < 1.29 is 9.84 Å². The lowest BCUT2D eigenvalue weighted by atomic mass is 9.78. The average Bonchev–Trinajstić information content (AvgIpc) is 2.17. The van der Waals surface area contributed by atoms with Crippen molar-refractivity contribution in [3.05, 3.63) is 23.3 Å². The lowest BCUT2D eigenvalue weighted by Crippen LogP contribution is -2.18. The van der Waals surface area contributed by atoms with Crippen molar-refractivity contribution in [2.75, 3.05) is 14.2 Å². The number of phenolic OH excluding ortho intramolecular Hbond substituents is 1.